The van der Waals surface area contributed by atoms with Gasteiger partial charge < -0.3 is 9.84 Å². The number of hydrogen-bond acceptors (Lipinski definition) is 3. The van der Waals surface area contributed by atoms with Crippen molar-refractivity contribution in [2.75, 3.05) is 0 Å². The van der Waals surface area contributed by atoms with Crippen LogP contribution in [0.25, 0.3) is 0 Å². The molecule has 2 aromatic rings. The molecule has 0 amide bonds. The van der Waals surface area contributed by atoms with Crippen LogP contribution in [0.15, 0.2) is 30.3 Å². The van der Waals surface area contributed by atoms with Crippen LogP contribution >= 0.6 is 11.6 Å². The zero-order valence-corrected chi connectivity index (χ0v) is 11.9. The number of halogens is 1. The summed E-state index contributed by atoms with van der Waals surface area (Å²) in [6, 6.07) is 8.88. The minimum absolute atomic E-state index is 0.101. The van der Waals surface area contributed by atoms with E-state index < -0.39 is 5.97 Å². The Labute approximate surface area is 122 Å². The summed E-state index contributed by atoms with van der Waals surface area (Å²) in [5.74, 6) is -0.897. The van der Waals surface area contributed by atoms with Gasteiger partial charge in [-0.3, -0.25) is 0 Å². The molecule has 1 heterocycles. The summed E-state index contributed by atoms with van der Waals surface area (Å²) < 4.78 is 5.55. The van der Waals surface area contributed by atoms with Gasteiger partial charge in [0.15, 0.2) is 0 Å². The van der Waals surface area contributed by atoms with Gasteiger partial charge in [0.1, 0.15) is 12.2 Å². The number of carboxylic acid groups (broad SMARTS) is 1. The van der Waals surface area contributed by atoms with Gasteiger partial charge in [0, 0.05) is 10.7 Å². The Morgan fingerprint density at radius 1 is 1.30 bits per heavy atom. The van der Waals surface area contributed by atoms with E-state index in [2.05, 4.69) is 4.98 Å². The van der Waals surface area contributed by atoms with E-state index in [9.17, 15) is 9.90 Å². The third kappa shape index (κ3) is 3.27. The van der Waals surface area contributed by atoms with Gasteiger partial charge in [0.2, 0.25) is 5.88 Å². The maximum atomic E-state index is 11.3. The van der Waals surface area contributed by atoms with Crippen molar-refractivity contribution in [1.82, 2.24) is 4.98 Å². The fraction of sp³-hybridized carbons (Fsp3) is 0.200. The maximum Gasteiger partial charge on any atom is 0.341 e. The molecule has 5 heteroatoms. The van der Waals surface area contributed by atoms with Gasteiger partial charge in [0.25, 0.3) is 0 Å². The largest absolute Gasteiger partial charge is 0.477 e. The smallest absolute Gasteiger partial charge is 0.341 e. The summed E-state index contributed by atoms with van der Waals surface area (Å²) in [6.07, 6.45) is 0. The number of rotatable bonds is 4. The van der Waals surface area contributed by atoms with Crippen LogP contribution in [-0.4, -0.2) is 16.1 Å². The summed E-state index contributed by atoms with van der Waals surface area (Å²) >= 11 is 5.81. The molecule has 2 rings (SSSR count). The highest BCUT2D eigenvalue weighted by atomic mass is 35.5. The molecule has 0 aliphatic rings. The Hall–Kier alpha value is -2.07. The van der Waals surface area contributed by atoms with E-state index in [0.717, 1.165) is 11.3 Å². The number of aromatic nitrogens is 1. The lowest BCUT2D eigenvalue weighted by atomic mass is 10.1. The average Bonchev–Trinajstić information content (AvgIpc) is 2.36. The molecule has 0 radical (unpaired) electrons. The first-order valence-corrected chi connectivity index (χ1v) is 6.44. The lowest BCUT2D eigenvalue weighted by Gasteiger charge is -2.11. The Morgan fingerprint density at radius 2 is 1.95 bits per heavy atom. The van der Waals surface area contributed by atoms with Crippen molar-refractivity contribution in [2.45, 2.75) is 20.5 Å². The average molecular weight is 292 g/mol. The highest BCUT2D eigenvalue weighted by molar-refractivity contribution is 6.30. The molecule has 0 saturated carbocycles. The zero-order valence-electron chi connectivity index (χ0n) is 11.2. The second kappa shape index (κ2) is 5.92. The van der Waals surface area contributed by atoms with Crippen molar-refractivity contribution in [3.05, 3.63) is 57.7 Å². The number of carboxylic acids is 1. The second-order valence-corrected chi connectivity index (χ2v) is 4.92. The molecule has 0 bridgehead atoms. The minimum atomic E-state index is -1.04. The number of hydrogen-bond donors (Lipinski definition) is 1. The number of carbonyl (C=O) groups is 1. The van der Waals surface area contributed by atoms with Crippen molar-refractivity contribution >= 4 is 17.6 Å². The molecule has 1 aromatic heterocycles. The summed E-state index contributed by atoms with van der Waals surface area (Å²) in [7, 11) is 0. The van der Waals surface area contributed by atoms with Crippen molar-refractivity contribution in [3.63, 3.8) is 0 Å². The Bertz CT molecular complexity index is 638. The molecular formula is C15H14ClNO3. The molecule has 0 saturated heterocycles. The van der Waals surface area contributed by atoms with Crippen molar-refractivity contribution in [3.8, 4) is 5.88 Å². The van der Waals surface area contributed by atoms with E-state index in [0.29, 0.717) is 10.6 Å². The highest BCUT2D eigenvalue weighted by Gasteiger charge is 2.17. The summed E-state index contributed by atoms with van der Waals surface area (Å²) in [6.45, 7) is 3.77. The van der Waals surface area contributed by atoms with Crippen molar-refractivity contribution < 1.29 is 14.6 Å². The summed E-state index contributed by atoms with van der Waals surface area (Å²) in [4.78, 5) is 15.4. The molecular weight excluding hydrogens is 278 g/mol. The van der Waals surface area contributed by atoms with E-state index in [1.165, 1.54) is 0 Å². The minimum Gasteiger partial charge on any atom is -0.477 e. The standard InChI is InChI=1S/C15H14ClNO3/c1-9-7-10(2)17-14(13(9)15(18)19)20-8-11-3-5-12(16)6-4-11/h3-7H,8H2,1-2H3,(H,18,19). The molecule has 1 aromatic carbocycles. The first-order valence-electron chi connectivity index (χ1n) is 6.06. The lowest BCUT2D eigenvalue weighted by molar-refractivity contribution is 0.0689. The van der Waals surface area contributed by atoms with E-state index in [1.54, 1.807) is 32.0 Å². The van der Waals surface area contributed by atoms with Crippen LogP contribution < -0.4 is 4.74 Å². The van der Waals surface area contributed by atoms with Crippen LogP contribution in [0.4, 0.5) is 0 Å². The van der Waals surface area contributed by atoms with Gasteiger partial charge >= 0.3 is 5.97 Å². The van der Waals surface area contributed by atoms with E-state index in [1.807, 2.05) is 12.1 Å². The fourth-order valence-electron chi connectivity index (χ4n) is 1.90. The normalized spacial score (nSPS) is 10.3. The molecule has 0 spiro atoms. The highest BCUT2D eigenvalue weighted by Crippen LogP contribution is 2.22. The van der Waals surface area contributed by atoms with Gasteiger partial charge in [-0.1, -0.05) is 23.7 Å². The van der Waals surface area contributed by atoms with E-state index >= 15 is 0 Å². The molecule has 1 N–H and O–H groups in total. The number of nitrogens with zero attached hydrogens (tertiary/aromatic N) is 1. The van der Waals surface area contributed by atoms with Crippen LogP contribution in [-0.2, 0) is 6.61 Å². The van der Waals surface area contributed by atoms with Gasteiger partial charge in [-0.15, -0.1) is 0 Å². The Kier molecular flexibility index (Phi) is 4.25. The molecule has 4 nitrogen and oxygen atoms in total. The molecule has 20 heavy (non-hydrogen) atoms. The Balaban J connectivity index is 2.24. The number of pyridine rings is 1. The molecule has 104 valence electrons. The zero-order chi connectivity index (χ0) is 14.7. The first kappa shape index (κ1) is 14.3. The maximum absolute atomic E-state index is 11.3. The third-order valence-electron chi connectivity index (χ3n) is 2.81. The van der Waals surface area contributed by atoms with E-state index in [4.69, 9.17) is 16.3 Å². The van der Waals surface area contributed by atoms with E-state index in [-0.39, 0.29) is 18.1 Å². The number of aromatic carboxylic acids is 1. The monoisotopic (exact) mass is 291 g/mol. The molecule has 0 atom stereocenters. The topological polar surface area (TPSA) is 59.4 Å². The quantitative estimate of drug-likeness (QED) is 0.934. The van der Waals surface area contributed by atoms with Gasteiger partial charge in [-0.25, -0.2) is 9.78 Å². The van der Waals surface area contributed by atoms with Crippen LogP contribution in [0.1, 0.15) is 27.2 Å². The SMILES string of the molecule is Cc1cc(C)c(C(=O)O)c(OCc2ccc(Cl)cc2)n1. The molecule has 0 fully saturated rings. The van der Waals surface area contributed by atoms with Gasteiger partial charge in [0.05, 0.1) is 0 Å². The van der Waals surface area contributed by atoms with Crippen LogP contribution in [0.2, 0.25) is 5.02 Å². The Morgan fingerprint density at radius 3 is 2.55 bits per heavy atom. The predicted molar refractivity (Wildman–Crippen MR) is 76.5 cm³/mol. The third-order valence-corrected chi connectivity index (χ3v) is 3.07. The second-order valence-electron chi connectivity index (χ2n) is 4.48. The molecule has 0 aliphatic heterocycles. The van der Waals surface area contributed by atoms with Crippen molar-refractivity contribution in [1.29, 1.82) is 0 Å². The number of ether oxygens (including phenoxy) is 1. The number of aryl methyl sites for hydroxylation is 2. The first-order chi connectivity index (χ1) is 9.47. The molecule has 0 aliphatic carbocycles. The predicted octanol–water partition coefficient (Wildman–Crippen LogP) is 3.63. The van der Waals surface area contributed by atoms with Crippen LogP contribution in [0.5, 0.6) is 5.88 Å². The summed E-state index contributed by atoms with van der Waals surface area (Å²) in [5, 5.41) is 9.88. The van der Waals surface area contributed by atoms with Gasteiger partial charge in [-0.05, 0) is 43.2 Å². The number of benzene rings is 1. The lowest BCUT2D eigenvalue weighted by Crippen LogP contribution is -2.08. The van der Waals surface area contributed by atoms with Crippen molar-refractivity contribution in [2.24, 2.45) is 0 Å². The molecule has 0 unspecified atom stereocenters. The fourth-order valence-corrected chi connectivity index (χ4v) is 2.03. The van der Waals surface area contributed by atoms with Crippen LogP contribution in [0.3, 0.4) is 0 Å². The summed E-state index contributed by atoms with van der Waals surface area (Å²) in [5.41, 5.74) is 2.35. The van der Waals surface area contributed by atoms with Crippen LogP contribution in [0, 0.1) is 13.8 Å². The van der Waals surface area contributed by atoms with Gasteiger partial charge in [-0.2, -0.15) is 0 Å².